The zero-order chi connectivity index (χ0) is 23.1. The molecule has 0 saturated heterocycles. The average Bonchev–Trinajstić information content (AvgIpc) is 2.80. The summed E-state index contributed by atoms with van der Waals surface area (Å²) in [5.41, 5.74) is 1.52. The first-order valence-electron chi connectivity index (χ1n) is 10.2. The molecule has 3 aromatic rings. The molecule has 0 unspecified atom stereocenters. The first kappa shape index (κ1) is 23.8. The lowest BCUT2D eigenvalue weighted by molar-refractivity contribution is 0.102. The molecule has 0 atom stereocenters. The minimum absolute atomic E-state index is 0.137. The molecule has 0 aliphatic rings. The molecule has 0 saturated carbocycles. The van der Waals surface area contributed by atoms with Crippen LogP contribution in [0.3, 0.4) is 0 Å². The molecule has 32 heavy (non-hydrogen) atoms. The second-order valence-corrected chi connectivity index (χ2v) is 9.96. The molecule has 0 heterocycles. The van der Waals surface area contributed by atoms with Gasteiger partial charge in [0.1, 0.15) is 5.75 Å². The summed E-state index contributed by atoms with van der Waals surface area (Å²) >= 11 is 3.44. The van der Waals surface area contributed by atoms with E-state index in [2.05, 4.69) is 28.2 Å². The molecule has 6 nitrogen and oxygen atoms in total. The van der Waals surface area contributed by atoms with Gasteiger partial charge in [0.05, 0.1) is 21.7 Å². The van der Waals surface area contributed by atoms with Crippen molar-refractivity contribution in [2.75, 3.05) is 23.3 Å². The fourth-order valence-corrected chi connectivity index (χ4v) is 4.62. The van der Waals surface area contributed by atoms with Gasteiger partial charge in [0.15, 0.2) is 0 Å². The van der Waals surface area contributed by atoms with Crippen molar-refractivity contribution in [2.45, 2.75) is 24.7 Å². The van der Waals surface area contributed by atoms with Gasteiger partial charge < -0.3 is 10.1 Å². The van der Waals surface area contributed by atoms with E-state index in [0.717, 1.165) is 12.8 Å². The summed E-state index contributed by atoms with van der Waals surface area (Å²) in [7, 11) is -2.20. The summed E-state index contributed by atoms with van der Waals surface area (Å²) in [6.45, 7) is 2.71. The van der Waals surface area contributed by atoms with Crippen LogP contribution in [0.4, 0.5) is 11.4 Å². The second-order valence-electron chi connectivity index (χ2n) is 7.13. The number of nitrogens with one attached hydrogen (secondary N) is 1. The van der Waals surface area contributed by atoms with Gasteiger partial charge in [0.2, 0.25) is 0 Å². The standard InChI is InChI=1S/C24H25BrN2O4S/c1-3-4-16-31-23-15-10-18(17-22(23)25)24(28)26-19-11-13-21(14-12-19)32(29,30)27(2)20-8-6-5-7-9-20/h5-15,17H,3-4,16H2,1-2H3,(H,26,28). The van der Waals surface area contributed by atoms with Crippen LogP contribution in [-0.2, 0) is 10.0 Å². The number of carbonyl (C=O) groups excluding carboxylic acids is 1. The smallest absolute Gasteiger partial charge is 0.264 e. The number of para-hydroxylation sites is 1. The molecule has 0 spiro atoms. The van der Waals surface area contributed by atoms with Crippen LogP contribution >= 0.6 is 15.9 Å². The lowest BCUT2D eigenvalue weighted by Crippen LogP contribution is -2.26. The fraction of sp³-hybridized carbons (Fsp3) is 0.208. The average molecular weight is 517 g/mol. The van der Waals surface area contributed by atoms with Crippen molar-refractivity contribution in [3.8, 4) is 5.75 Å². The van der Waals surface area contributed by atoms with Gasteiger partial charge in [-0.05, 0) is 76.9 Å². The second kappa shape index (κ2) is 10.7. The van der Waals surface area contributed by atoms with E-state index >= 15 is 0 Å². The Kier molecular flexibility index (Phi) is 7.93. The molecule has 3 aromatic carbocycles. The van der Waals surface area contributed by atoms with E-state index in [1.807, 2.05) is 6.07 Å². The van der Waals surface area contributed by atoms with E-state index < -0.39 is 10.0 Å². The van der Waals surface area contributed by atoms with Crippen molar-refractivity contribution >= 4 is 43.2 Å². The van der Waals surface area contributed by atoms with Crippen molar-refractivity contribution in [2.24, 2.45) is 0 Å². The number of amides is 1. The first-order chi connectivity index (χ1) is 15.3. The molecule has 0 aliphatic carbocycles. The van der Waals surface area contributed by atoms with Gasteiger partial charge in [0.25, 0.3) is 15.9 Å². The van der Waals surface area contributed by atoms with Crippen LogP contribution < -0.4 is 14.4 Å². The van der Waals surface area contributed by atoms with Crippen molar-refractivity contribution < 1.29 is 17.9 Å². The Hall–Kier alpha value is -2.84. The highest BCUT2D eigenvalue weighted by Crippen LogP contribution is 2.27. The van der Waals surface area contributed by atoms with E-state index in [4.69, 9.17) is 4.74 Å². The van der Waals surface area contributed by atoms with Crippen molar-refractivity contribution in [3.63, 3.8) is 0 Å². The third-order valence-corrected chi connectivity index (χ3v) is 7.26. The molecular formula is C24H25BrN2O4S. The highest BCUT2D eigenvalue weighted by atomic mass is 79.9. The molecule has 8 heteroatoms. The van der Waals surface area contributed by atoms with Crippen LogP contribution in [0, 0.1) is 0 Å². The van der Waals surface area contributed by atoms with Crippen LogP contribution in [0.15, 0.2) is 82.2 Å². The summed E-state index contributed by atoms with van der Waals surface area (Å²) in [5.74, 6) is 0.384. The summed E-state index contributed by atoms with van der Waals surface area (Å²) in [6, 6.07) is 20.1. The van der Waals surface area contributed by atoms with Crippen LogP contribution in [-0.4, -0.2) is 28.0 Å². The summed E-state index contributed by atoms with van der Waals surface area (Å²) in [4.78, 5) is 12.8. The van der Waals surface area contributed by atoms with Gasteiger partial charge in [-0.25, -0.2) is 8.42 Å². The van der Waals surface area contributed by atoms with Crippen LogP contribution in [0.25, 0.3) is 0 Å². The minimum Gasteiger partial charge on any atom is -0.492 e. The van der Waals surface area contributed by atoms with Gasteiger partial charge in [-0.1, -0.05) is 31.5 Å². The number of unbranched alkanes of at least 4 members (excludes halogenated alkanes) is 1. The highest BCUT2D eigenvalue weighted by molar-refractivity contribution is 9.10. The van der Waals surface area contributed by atoms with Gasteiger partial charge in [0, 0.05) is 18.3 Å². The first-order valence-corrected chi connectivity index (χ1v) is 12.4. The van der Waals surface area contributed by atoms with Crippen molar-refractivity contribution in [1.82, 2.24) is 0 Å². The minimum atomic E-state index is -3.71. The maximum atomic E-state index is 12.9. The third-order valence-electron chi connectivity index (χ3n) is 4.84. The predicted octanol–water partition coefficient (Wildman–Crippen LogP) is 5.71. The zero-order valence-corrected chi connectivity index (χ0v) is 20.3. The maximum Gasteiger partial charge on any atom is 0.264 e. The van der Waals surface area contributed by atoms with E-state index in [1.165, 1.54) is 23.5 Å². The topological polar surface area (TPSA) is 75.7 Å². The van der Waals surface area contributed by atoms with Gasteiger partial charge in [-0.2, -0.15) is 0 Å². The Morgan fingerprint density at radius 3 is 2.34 bits per heavy atom. The SMILES string of the molecule is CCCCOc1ccc(C(=O)Nc2ccc(S(=O)(=O)N(C)c3ccccc3)cc2)cc1Br. The number of hydrogen-bond acceptors (Lipinski definition) is 4. The number of ether oxygens (including phenoxy) is 1. The van der Waals surface area contributed by atoms with E-state index in [-0.39, 0.29) is 10.8 Å². The summed E-state index contributed by atoms with van der Waals surface area (Å²) in [6.07, 6.45) is 2.00. The number of benzene rings is 3. The van der Waals surface area contributed by atoms with Crippen LogP contribution in [0.5, 0.6) is 5.75 Å². The van der Waals surface area contributed by atoms with E-state index in [9.17, 15) is 13.2 Å². The molecule has 1 N–H and O–H groups in total. The molecule has 168 valence electrons. The number of carbonyl (C=O) groups is 1. The number of nitrogens with zero attached hydrogens (tertiary/aromatic N) is 1. The molecule has 0 radical (unpaired) electrons. The Morgan fingerprint density at radius 1 is 1.03 bits per heavy atom. The number of halogens is 1. The van der Waals surface area contributed by atoms with Gasteiger partial charge in [-0.15, -0.1) is 0 Å². The normalized spacial score (nSPS) is 11.1. The maximum absolute atomic E-state index is 12.9. The number of hydrogen-bond donors (Lipinski definition) is 1. The molecule has 3 rings (SSSR count). The number of rotatable bonds is 9. The number of sulfonamides is 1. The Morgan fingerprint density at radius 2 is 1.72 bits per heavy atom. The summed E-state index contributed by atoms with van der Waals surface area (Å²) < 4.78 is 33.4. The Labute approximate surface area is 197 Å². The molecule has 0 aliphatic heterocycles. The quantitative estimate of drug-likeness (QED) is 0.369. The number of anilines is 2. The van der Waals surface area contributed by atoms with E-state index in [0.29, 0.717) is 33.8 Å². The Balaban J connectivity index is 1.69. The van der Waals surface area contributed by atoms with Crippen LogP contribution in [0.2, 0.25) is 0 Å². The van der Waals surface area contributed by atoms with Gasteiger partial charge >= 0.3 is 0 Å². The third kappa shape index (κ3) is 5.69. The van der Waals surface area contributed by atoms with Crippen molar-refractivity contribution in [1.29, 1.82) is 0 Å². The monoisotopic (exact) mass is 516 g/mol. The van der Waals surface area contributed by atoms with Crippen LogP contribution in [0.1, 0.15) is 30.1 Å². The predicted molar refractivity (Wildman–Crippen MR) is 131 cm³/mol. The van der Waals surface area contributed by atoms with Gasteiger partial charge in [-0.3, -0.25) is 9.10 Å². The lowest BCUT2D eigenvalue weighted by atomic mass is 10.2. The summed E-state index contributed by atoms with van der Waals surface area (Å²) in [5, 5.41) is 2.79. The molecular weight excluding hydrogens is 492 g/mol. The lowest BCUT2D eigenvalue weighted by Gasteiger charge is -2.19. The molecule has 0 aromatic heterocycles. The largest absolute Gasteiger partial charge is 0.492 e. The molecule has 0 fully saturated rings. The fourth-order valence-electron chi connectivity index (χ4n) is 2.93. The Bertz CT molecular complexity index is 1170. The van der Waals surface area contributed by atoms with Crippen molar-refractivity contribution in [3.05, 3.63) is 82.8 Å². The molecule has 1 amide bonds. The zero-order valence-electron chi connectivity index (χ0n) is 17.9. The van der Waals surface area contributed by atoms with E-state index in [1.54, 1.807) is 54.6 Å². The highest BCUT2D eigenvalue weighted by Gasteiger charge is 2.21. The molecule has 0 bridgehead atoms.